The van der Waals surface area contributed by atoms with Crippen molar-refractivity contribution >= 4 is 27.8 Å². The van der Waals surface area contributed by atoms with Crippen LogP contribution in [-0.2, 0) is 9.53 Å². The van der Waals surface area contributed by atoms with Crippen molar-refractivity contribution in [3.63, 3.8) is 0 Å². The molecule has 2 rings (SSSR count). The summed E-state index contributed by atoms with van der Waals surface area (Å²) in [4.78, 5) is 26.3. The third-order valence-corrected chi connectivity index (χ3v) is 4.67. The Morgan fingerprint density at radius 1 is 1.36 bits per heavy atom. The Bertz CT molecular complexity index is 634. The molecule has 6 nitrogen and oxygen atoms in total. The average Bonchev–Trinajstić information content (AvgIpc) is 2.59. The van der Waals surface area contributed by atoms with Crippen LogP contribution in [0.25, 0.3) is 0 Å². The van der Waals surface area contributed by atoms with E-state index in [1.165, 1.54) is 7.11 Å². The molecule has 25 heavy (non-hydrogen) atoms. The van der Waals surface area contributed by atoms with E-state index < -0.39 is 5.97 Å². The molecule has 7 heteroatoms. The molecule has 1 amide bonds. The first-order chi connectivity index (χ1) is 12.0. The summed E-state index contributed by atoms with van der Waals surface area (Å²) >= 11 is 3.36. The third-order valence-electron chi connectivity index (χ3n) is 4.09. The van der Waals surface area contributed by atoms with Gasteiger partial charge >= 0.3 is 5.97 Å². The molecule has 1 aromatic rings. The molecule has 1 heterocycles. The first-order valence-corrected chi connectivity index (χ1v) is 9.20. The molecule has 1 atom stereocenters. The standard InChI is InChI=1S/C18H24BrNO5/c1-4-24-15-9-13(8-14(19)17(15)23-3)18(22)25-11-16(21)20-7-5-6-12(2)10-20/h8-9,12H,4-7,10-11H2,1-3H3/t12-/m0/s1. The first kappa shape index (κ1) is 19.6. The Labute approximate surface area is 156 Å². The molecule has 0 spiro atoms. The lowest BCUT2D eigenvalue weighted by Gasteiger charge is -2.30. The van der Waals surface area contributed by atoms with E-state index in [-0.39, 0.29) is 12.5 Å². The molecule has 1 aliphatic rings. The number of amides is 1. The van der Waals surface area contributed by atoms with Crippen LogP contribution in [0.4, 0.5) is 0 Å². The van der Waals surface area contributed by atoms with Crippen LogP contribution in [0.1, 0.15) is 37.0 Å². The number of hydrogen-bond acceptors (Lipinski definition) is 5. The van der Waals surface area contributed by atoms with E-state index in [0.29, 0.717) is 34.1 Å². The minimum atomic E-state index is -0.567. The van der Waals surface area contributed by atoms with E-state index in [2.05, 4.69) is 22.9 Å². The van der Waals surface area contributed by atoms with Crippen LogP contribution in [0, 0.1) is 5.92 Å². The fourth-order valence-corrected chi connectivity index (χ4v) is 3.47. The van der Waals surface area contributed by atoms with Gasteiger partial charge in [0.05, 0.1) is 23.8 Å². The zero-order valence-electron chi connectivity index (χ0n) is 14.8. The van der Waals surface area contributed by atoms with Gasteiger partial charge in [-0.2, -0.15) is 0 Å². The van der Waals surface area contributed by atoms with Gasteiger partial charge in [-0.05, 0) is 53.7 Å². The number of carbonyl (C=O) groups is 2. The zero-order valence-corrected chi connectivity index (χ0v) is 16.4. The van der Waals surface area contributed by atoms with Crippen LogP contribution in [0.3, 0.4) is 0 Å². The van der Waals surface area contributed by atoms with Crippen LogP contribution in [-0.4, -0.2) is 50.2 Å². The molecule has 1 aromatic carbocycles. The zero-order chi connectivity index (χ0) is 18.4. The summed E-state index contributed by atoms with van der Waals surface area (Å²) in [5.41, 5.74) is 0.302. The van der Waals surface area contributed by atoms with Gasteiger partial charge in [-0.1, -0.05) is 6.92 Å². The van der Waals surface area contributed by atoms with Crippen LogP contribution >= 0.6 is 15.9 Å². The largest absolute Gasteiger partial charge is 0.492 e. The molecule has 1 aliphatic heterocycles. The maximum absolute atomic E-state index is 12.3. The molecule has 0 N–H and O–H groups in total. The van der Waals surface area contributed by atoms with Gasteiger partial charge in [0.2, 0.25) is 0 Å². The van der Waals surface area contributed by atoms with Gasteiger partial charge in [-0.15, -0.1) is 0 Å². The number of benzene rings is 1. The minimum absolute atomic E-state index is 0.155. The van der Waals surface area contributed by atoms with E-state index in [4.69, 9.17) is 14.2 Å². The Hall–Kier alpha value is -1.76. The number of halogens is 1. The van der Waals surface area contributed by atoms with Crippen molar-refractivity contribution in [3.8, 4) is 11.5 Å². The molecule has 0 bridgehead atoms. The molecule has 1 fully saturated rings. The molecular formula is C18H24BrNO5. The second kappa shape index (κ2) is 9.08. The number of hydrogen-bond donors (Lipinski definition) is 0. The highest BCUT2D eigenvalue weighted by molar-refractivity contribution is 9.10. The van der Waals surface area contributed by atoms with Crippen molar-refractivity contribution < 1.29 is 23.8 Å². The van der Waals surface area contributed by atoms with Gasteiger partial charge in [0.25, 0.3) is 5.91 Å². The number of ether oxygens (including phenoxy) is 3. The number of esters is 1. The molecule has 0 aromatic heterocycles. The molecule has 0 saturated carbocycles. The van der Waals surface area contributed by atoms with E-state index in [9.17, 15) is 9.59 Å². The first-order valence-electron chi connectivity index (χ1n) is 8.41. The molecule has 1 saturated heterocycles. The topological polar surface area (TPSA) is 65.1 Å². The molecule has 0 unspecified atom stereocenters. The maximum Gasteiger partial charge on any atom is 0.338 e. The Morgan fingerprint density at radius 3 is 2.76 bits per heavy atom. The third kappa shape index (κ3) is 5.11. The normalized spacial score (nSPS) is 17.1. The average molecular weight is 414 g/mol. The summed E-state index contributed by atoms with van der Waals surface area (Å²) in [6, 6.07) is 3.15. The van der Waals surface area contributed by atoms with Gasteiger partial charge in [0.1, 0.15) is 0 Å². The van der Waals surface area contributed by atoms with Gasteiger partial charge in [0, 0.05) is 13.1 Å². The van der Waals surface area contributed by atoms with E-state index in [1.807, 2.05) is 6.92 Å². The van der Waals surface area contributed by atoms with Gasteiger partial charge < -0.3 is 19.1 Å². The van der Waals surface area contributed by atoms with Crippen molar-refractivity contribution in [1.82, 2.24) is 4.90 Å². The lowest BCUT2D eigenvalue weighted by Crippen LogP contribution is -2.41. The Morgan fingerprint density at radius 2 is 2.12 bits per heavy atom. The van der Waals surface area contributed by atoms with Gasteiger partial charge in [-0.3, -0.25) is 4.79 Å². The van der Waals surface area contributed by atoms with Crippen LogP contribution in [0.5, 0.6) is 11.5 Å². The monoisotopic (exact) mass is 413 g/mol. The van der Waals surface area contributed by atoms with E-state index in [0.717, 1.165) is 25.9 Å². The van der Waals surface area contributed by atoms with Crippen molar-refractivity contribution in [1.29, 1.82) is 0 Å². The predicted molar refractivity (Wildman–Crippen MR) is 97.1 cm³/mol. The number of nitrogens with zero attached hydrogens (tertiary/aromatic N) is 1. The van der Waals surface area contributed by atoms with E-state index in [1.54, 1.807) is 17.0 Å². The number of likely N-dealkylation sites (tertiary alicyclic amines) is 1. The van der Waals surface area contributed by atoms with Crippen molar-refractivity contribution in [2.45, 2.75) is 26.7 Å². The molecular weight excluding hydrogens is 390 g/mol. The summed E-state index contributed by atoms with van der Waals surface area (Å²) in [7, 11) is 1.53. The number of piperidine rings is 1. The predicted octanol–water partition coefficient (Wildman–Crippen LogP) is 3.27. The summed E-state index contributed by atoms with van der Waals surface area (Å²) < 4.78 is 16.5. The second-order valence-electron chi connectivity index (χ2n) is 6.09. The lowest BCUT2D eigenvalue weighted by molar-refractivity contribution is -0.136. The smallest absolute Gasteiger partial charge is 0.338 e. The minimum Gasteiger partial charge on any atom is -0.492 e. The molecule has 0 aliphatic carbocycles. The molecule has 0 radical (unpaired) electrons. The van der Waals surface area contributed by atoms with Crippen molar-refractivity contribution in [2.75, 3.05) is 33.4 Å². The van der Waals surface area contributed by atoms with Crippen molar-refractivity contribution in [2.24, 2.45) is 5.92 Å². The summed E-state index contributed by atoms with van der Waals surface area (Å²) in [6.07, 6.45) is 2.12. The quantitative estimate of drug-likeness (QED) is 0.669. The van der Waals surface area contributed by atoms with Gasteiger partial charge in [-0.25, -0.2) is 4.79 Å². The number of rotatable bonds is 6. The molecule has 138 valence electrons. The van der Waals surface area contributed by atoms with Gasteiger partial charge in [0.15, 0.2) is 18.1 Å². The van der Waals surface area contributed by atoms with Crippen LogP contribution < -0.4 is 9.47 Å². The SMILES string of the molecule is CCOc1cc(C(=O)OCC(=O)N2CCC[C@H](C)C2)cc(Br)c1OC. The lowest BCUT2D eigenvalue weighted by atomic mass is 10.0. The Balaban J connectivity index is 2.01. The highest BCUT2D eigenvalue weighted by atomic mass is 79.9. The van der Waals surface area contributed by atoms with E-state index >= 15 is 0 Å². The number of methoxy groups -OCH3 is 1. The highest BCUT2D eigenvalue weighted by Crippen LogP contribution is 2.36. The summed E-state index contributed by atoms with van der Waals surface area (Å²) in [5, 5.41) is 0. The maximum atomic E-state index is 12.3. The highest BCUT2D eigenvalue weighted by Gasteiger charge is 2.23. The van der Waals surface area contributed by atoms with Crippen LogP contribution in [0.15, 0.2) is 16.6 Å². The number of carbonyl (C=O) groups excluding carboxylic acids is 2. The Kier molecular flexibility index (Phi) is 7.11. The second-order valence-corrected chi connectivity index (χ2v) is 6.94. The summed E-state index contributed by atoms with van der Waals surface area (Å²) in [5.74, 6) is 0.721. The van der Waals surface area contributed by atoms with Crippen LogP contribution in [0.2, 0.25) is 0 Å². The summed E-state index contributed by atoms with van der Waals surface area (Å²) in [6.45, 7) is 5.60. The fourth-order valence-electron chi connectivity index (χ4n) is 2.86. The van der Waals surface area contributed by atoms with Crippen molar-refractivity contribution in [3.05, 3.63) is 22.2 Å². The fraction of sp³-hybridized carbons (Fsp3) is 0.556.